The van der Waals surface area contributed by atoms with Crippen molar-refractivity contribution in [3.63, 3.8) is 0 Å². The third kappa shape index (κ3) is 5.43. The topological polar surface area (TPSA) is 122 Å². The summed E-state index contributed by atoms with van der Waals surface area (Å²) in [6, 6.07) is 9.76. The Morgan fingerprint density at radius 2 is 1.68 bits per heavy atom. The van der Waals surface area contributed by atoms with Crippen LogP contribution in [-0.2, 0) is 32.3 Å². The van der Waals surface area contributed by atoms with Crippen molar-refractivity contribution < 1.29 is 32.2 Å². The van der Waals surface area contributed by atoms with Crippen molar-refractivity contribution >= 4 is 27.3 Å². The Bertz CT molecular complexity index is 1480. The number of hydrogen-bond donors (Lipinski definition) is 3. The summed E-state index contributed by atoms with van der Waals surface area (Å²) >= 11 is 0. The van der Waals surface area contributed by atoms with E-state index in [1.54, 1.807) is 26.8 Å². The molecule has 1 aliphatic rings. The largest absolute Gasteiger partial charge is 0.507 e. The summed E-state index contributed by atoms with van der Waals surface area (Å²) in [6.45, 7) is 5.31. The molecule has 3 aromatic rings. The van der Waals surface area contributed by atoms with Crippen LogP contribution >= 0.6 is 0 Å². The van der Waals surface area contributed by atoms with Crippen molar-refractivity contribution in [3.8, 4) is 17.2 Å². The van der Waals surface area contributed by atoms with Crippen LogP contribution in [-0.4, -0.2) is 31.4 Å². The van der Waals surface area contributed by atoms with Gasteiger partial charge in [0.1, 0.15) is 28.0 Å². The molecule has 2 amide bonds. The molecule has 3 N–H and O–H groups in total. The molecule has 0 heterocycles. The molecule has 1 aliphatic carbocycles. The molecule has 0 bridgehead atoms. The summed E-state index contributed by atoms with van der Waals surface area (Å²) in [6.07, 6.45) is 2.16. The van der Waals surface area contributed by atoms with E-state index in [1.807, 2.05) is 0 Å². The van der Waals surface area contributed by atoms with E-state index in [2.05, 4.69) is 10.6 Å². The fourth-order valence-electron chi connectivity index (χ4n) is 4.29. The Hall–Kier alpha value is -3.92. The minimum absolute atomic E-state index is 0.167. The van der Waals surface area contributed by atoms with Gasteiger partial charge < -0.3 is 20.5 Å². The molecule has 0 unspecified atom stereocenters. The molecule has 0 fully saturated rings. The highest BCUT2D eigenvalue weighted by Gasteiger charge is 2.26. The van der Waals surface area contributed by atoms with Crippen molar-refractivity contribution in [3.05, 3.63) is 71.0 Å². The maximum atomic E-state index is 13.3. The zero-order valence-electron chi connectivity index (χ0n) is 20.6. The zero-order chi connectivity index (χ0) is 26.9. The molecule has 0 atom stereocenters. The van der Waals surface area contributed by atoms with Gasteiger partial charge in [0.05, 0.1) is 4.90 Å². The molecule has 0 spiro atoms. The Morgan fingerprint density at radius 1 is 1.00 bits per heavy atom. The molecule has 8 nitrogen and oxygen atoms in total. The lowest BCUT2D eigenvalue weighted by molar-refractivity contribution is -0.136. The van der Waals surface area contributed by atoms with Gasteiger partial charge in [0.15, 0.2) is 0 Å². The number of hydrogen-bond acceptors (Lipinski definition) is 6. The standard InChI is InChI=1S/C27H27FN2O6S/c1-15(2)29-26(32)27(33)30-22-13-16(3)25(21-6-4-5-20(21)22)36-18-9-12-23(31)24(14-18)37(34,35)19-10-7-17(28)8-11-19/h7-15,31H,4-6H2,1-3H3,(H,29,32)(H,30,33). The first-order chi connectivity index (χ1) is 17.5. The lowest BCUT2D eigenvalue weighted by Crippen LogP contribution is -2.39. The predicted octanol–water partition coefficient (Wildman–Crippen LogP) is 4.42. The highest BCUT2D eigenvalue weighted by Crippen LogP contribution is 2.42. The number of rotatable bonds is 6. The molecule has 0 aliphatic heterocycles. The smallest absolute Gasteiger partial charge is 0.313 e. The van der Waals surface area contributed by atoms with Crippen molar-refractivity contribution in [1.82, 2.24) is 5.32 Å². The highest BCUT2D eigenvalue weighted by molar-refractivity contribution is 7.91. The van der Waals surface area contributed by atoms with E-state index in [4.69, 9.17) is 4.74 Å². The van der Waals surface area contributed by atoms with Gasteiger partial charge in [0.25, 0.3) is 0 Å². The number of anilines is 1. The molecule has 3 aromatic carbocycles. The second kappa shape index (κ2) is 10.2. The zero-order valence-corrected chi connectivity index (χ0v) is 21.4. The van der Waals surface area contributed by atoms with Gasteiger partial charge >= 0.3 is 11.8 Å². The number of sulfone groups is 1. The Balaban J connectivity index is 1.66. The Labute approximate surface area is 214 Å². The van der Waals surface area contributed by atoms with E-state index in [9.17, 15) is 27.5 Å². The average Bonchev–Trinajstić information content (AvgIpc) is 3.32. The molecule has 194 valence electrons. The number of ether oxygens (including phenoxy) is 1. The summed E-state index contributed by atoms with van der Waals surface area (Å²) in [5.74, 6) is -1.82. The van der Waals surface area contributed by atoms with Crippen molar-refractivity contribution in [1.29, 1.82) is 0 Å². The number of aromatic hydroxyl groups is 1. The fraction of sp³-hybridized carbons (Fsp3) is 0.259. The third-order valence-corrected chi connectivity index (χ3v) is 7.77. The van der Waals surface area contributed by atoms with Crippen molar-refractivity contribution in [2.24, 2.45) is 0 Å². The van der Waals surface area contributed by atoms with Crippen LogP contribution < -0.4 is 15.4 Å². The second-order valence-electron chi connectivity index (χ2n) is 9.15. The van der Waals surface area contributed by atoms with Gasteiger partial charge in [-0.2, -0.15) is 0 Å². The lowest BCUT2D eigenvalue weighted by Gasteiger charge is -2.18. The van der Waals surface area contributed by atoms with Crippen LogP contribution in [0.5, 0.6) is 17.2 Å². The molecular weight excluding hydrogens is 499 g/mol. The minimum atomic E-state index is -4.14. The van der Waals surface area contributed by atoms with Crippen molar-refractivity contribution in [2.45, 2.75) is 55.9 Å². The number of phenols is 1. The normalized spacial score (nSPS) is 12.8. The van der Waals surface area contributed by atoms with Gasteiger partial charge in [-0.1, -0.05) is 0 Å². The number of nitrogens with one attached hydrogen (secondary N) is 2. The van der Waals surface area contributed by atoms with Gasteiger partial charge in [-0.05, 0) is 93.6 Å². The SMILES string of the molecule is Cc1cc(NC(=O)C(=O)NC(C)C)c2c(c1Oc1ccc(O)c(S(=O)(=O)c3ccc(F)cc3)c1)CCC2. The van der Waals surface area contributed by atoms with Gasteiger partial charge in [-0.15, -0.1) is 0 Å². The fourth-order valence-corrected chi connectivity index (χ4v) is 5.65. The number of carbonyl (C=O) groups excluding carboxylic acids is 2. The van der Waals surface area contributed by atoms with Crippen LogP contribution in [0.3, 0.4) is 0 Å². The summed E-state index contributed by atoms with van der Waals surface area (Å²) in [7, 11) is -4.14. The summed E-state index contributed by atoms with van der Waals surface area (Å²) < 4.78 is 45.6. The average molecular weight is 527 g/mol. The van der Waals surface area contributed by atoms with Crippen LogP contribution in [0.1, 0.15) is 37.0 Å². The van der Waals surface area contributed by atoms with Crippen LogP contribution in [0.4, 0.5) is 10.1 Å². The number of amides is 2. The van der Waals surface area contributed by atoms with E-state index >= 15 is 0 Å². The first-order valence-corrected chi connectivity index (χ1v) is 13.2. The first-order valence-electron chi connectivity index (χ1n) is 11.8. The van der Waals surface area contributed by atoms with E-state index in [0.29, 0.717) is 29.8 Å². The molecule has 0 saturated carbocycles. The van der Waals surface area contributed by atoms with E-state index in [0.717, 1.165) is 41.8 Å². The number of carbonyl (C=O) groups is 2. The number of phenolic OH excluding ortho intramolecular Hbond substituents is 1. The molecule has 0 radical (unpaired) electrons. The number of halogens is 1. The third-order valence-electron chi connectivity index (χ3n) is 5.97. The van der Waals surface area contributed by atoms with Crippen LogP contribution in [0, 0.1) is 12.7 Å². The first kappa shape index (κ1) is 26.2. The maximum Gasteiger partial charge on any atom is 0.313 e. The van der Waals surface area contributed by atoms with Gasteiger partial charge in [0, 0.05) is 23.4 Å². The van der Waals surface area contributed by atoms with Crippen LogP contribution in [0.2, 0.25) is 0 Å². The second-order valence-corrected chi connectivity index (χ2v) is 11.1. The Kier molecular flexibility index (Phi) is 7.22. The molecular formula is C27H27FN2O6S. The summed E-state index contributed by atoms with van der Waals surface area (Å²) in [5.41, 5.74) is 2.92. The van der Waals surface area contributed by atoms with Gasteiger partial charge in [-0.25, -0.2) is 12.8 Å². The summed E-state index contributed by atoms with van der Waals surface area (Å²) in [5, 5.41) is 15.6. The van der Waals surface area contributed by atoms with Crippen LogP contribution in [0.15, 0.2) is 58.3 Å². The van der Waals surface area contributed by atoms with Gasteiger partial charge in [-0.3, -0.25) is 9.59 Å². The molecule has 0 aromatic heterocycles. The monoisotopic (exact) mass is 526 g/mol. The highest BCUT2D eigenvalue weighted by atomic mass is 32.2. The number of benzene rings is 3. The van der Waals surface area contributed by atoms with Crippen molar-refractivity contribution in [2.75, 3.05) is 5.32 Å². The predicted molar refractivity (Wildman–Crippen MR) is 135 cm³/mol. The van der Waals surface area contributed by atoms with Gasteiger partial charge in [0.2, 0.25) is 9.84 Å². The van der Waals surface area contributed by atoms with E-state index in [1.165, 1.54) is 18.2 Å². The molecule has 0 saturated heterocycles. The molecule has 10 heteroatoms. The number of aryl methyl sites for hydroxylation is 1. The van der Waals surface area contributed by atoms with E-state index in [-0.39, 0.29) is 21.6 Å². The quantitative estimate of drug-likeness (QED) is 0.323. The minimum Gasteiger partial charge on any atom is -0.507 e. The van der Waals surface area contributed by atoms with Crippen LogP contribution in [0.25, 0.3) is 0 Å². The van der Waals surface area contributed by atoms with E-state index < -0.39 is 33.2 Å². The molecule has 37 heavy (non-hydrogen) atoms. The Morgan fingerprint density at radius 3 is 2.35 bits per heavy atom. The number of fused-ring (bicyclic) bond motifs is 1. The summed E-state index contributed by atoms with van der Waals surface area (Å²) in [4.78, 5) is 23.9. The lowest BCUT2D eigenvalue weighted by atomic mass is 10.0. The maximum absolute atomic E-state index is 13.3. The molecule has 4 rings (SSSR count).